The Morgan fingerprint density at radius 1 is 1.03 bits per heavy atom. The van der Waals surface area contributed by atoms with Gasteiger partial charge < -0.3 is 9.64 Å². The van der Waals surface area contributed by atoms with Crippen molar-refractivity contribution >= 4 is 16.8 Å². The highest BCUT2D eigenvalue weighted by Gasteiger charge is 2.51. The van der Waals surface area contributed by atoms with Crippen LogP contribution in [0.5, 0.6) is 0 Å². The summed E-state index contributed by atoms with van der Waals surface area (Å²) < 4.78 is 5.72. The van der Waals surface area contributed by atoms with Gasteiger partial charge in [0.05, 0.1) is 10.9 Å². The molecule has 3 aliphatic heterocycles. The number of piperidine rings is 1. The molecule has 34 heavy (non-hydrogen) atoms. The lowest BCUT2D eigenvalue weighted by molar-refractivity contribution is -0.146. The third kappa shape index (κ3) is 3.82. The number of aryl methyl sites for hydroxylation is 1. The van der Waals surface area contributed by atoms with Crippen molar-refractivity contribution in [3.8, 4) is 0 Å². The van der Waals surface area contributed by atoms with Crippen LogP contribution in [-0.4, -0.2) is 41.1 Å². The highest BCUT2D eigenvalue weighted by molar-refractivity contribution is 5.89. The molecule has 1 aromatic heterocycles. The largest absolute Gasteiger partial charge is 0.381 e. The summed E-state index contributed by atoms with van der Waals surface area (Å²) in [5.41, 5.74) is 4.36. The number of ether oxygens (including phenoxy) is 1. The maximum absolute atomic E-state index is 14.3. The van der Waals surface area contributed by atoms with Crippen molar-refractivity contribution in [3.63, 3.8) is 0 Å². The fourth-order valence-corrected chi connectivity index (χ4v) is 6.89. The van der Waals surface area contributed by atoms with E-state index in [0.717, 1.165) is 50.5 Å². The number of carbonyl (C=O) groups excluding carboxylic acids is 1. The van der Waals surface area contributed by atoms with E-state index >= 15 is 0 Å². The van der Waals surface area contributed by atoms with E-state index in [1.54, 1.807) is 0 Å². The number of aromatic nitrogens is 1. The molecule has 2 aromatic carbocycles. The van der Waals surface area contributed by atoms with Crippen molar-refractivity contribution in [1.29, 1.82) is 0 Å². The van der Waals surface area contributed by atoms with E-state index in [0.29, 0.717) is 37.1 Å². The van der Waals surface area contributed by atoms with Gasteiger partial charge in [0.25, 0.3) is 0 Å². The van der Waals surface area contributed by atoms with Crippen LogP contribution in [-0.2, 0) is 21.4 Å². The molecule has 4 heteroatoms. The van der Waals surface area contributed by atoms with Crippen LogP contribution in [0, 0.1) is 12.8 Å². The number of rotatable bonds is 4. The van der Waals surface area contributed by atoms with Gasteiger partial charge in [0.2, 0.25) is 5.91 Å². The van der Waals surface area contributed by atoms with Gasteiger partial charge in [-0.05, 0) is 81.0 Å². The lowest BCUT2D eigenvalue weighted by Gasteiger charge is -2.46. The number of hydrogen-bond acceptors (Lipinski definition) is 3. The Labute approximate surface area is 202 Å². The normalized spacial score (nSPS) is 26.0. The van der Waals surface area contributed by atoms with Gasteiger partial charge in [-0.1, -0.05) is 48.0 Å². The topological polar surface area (TPSA) is 42.4 Å². The number of carbonyl (C=O) groups is 1. The van der Waals surface area contributed by atoms with Crippen LogP contribution in [0.1, 0.15) is 55.2 Å². The number of pyridine rings is 1. The van der Waals surface area contributed by atoms with E-state index in [-0.39, 0.29) is 0 Å². The average Bonchev–Trinajstić information content (AvgIpc) is 3.13. The van der Waals surface area contributed by atoms with Crippen LogP contribution < -0.4 is 0 Å². The number of para-hydroxylation sites is 1. The summed E-state index contributed by atoms with van der Waals surface area (Å²) in [5, 5.41) is 1.22. The van der Waals surface area contributed by atoms with Crippen LogP contribution >= 0.6 is 0 Å². The first-order valence-corrected chi connectivity index (χ1v) is 12.9. The van der Waals surface area contributed by atoms with Gasteiger partial charge in [0.1, 0.15) is 0 Å². The molecule has 176 valence electrons. The van der Waals surface area contributed by atoms with Gasteiger partial charge in [-0.25, -0.2) is 0 Å². The lowest BCUT2D eigenvalue weighted by atomic mass is 9.71. The molecule has 1 amide bonds. The molecular weight excluding hydrogens is 420 g/mol. The van der Waals surface area contributed by atoms with Crippen molar-refractivity contribution in [3.05, 3.63) is 77.5 Å². The number of nitrogens with zero attached hydrogens (tertiary/aromatic N) is 2. The van der Waals surface area contributed by atoms with Crippen molar-refractivity contribution in [2.45, 2.75) is 69.4 Å². The molecule has 0 saturated carbocycles. The summed E-state index contributed by atoms with van der Waals surface area (Å²) in [6, 6.07) is 20.0. The van der Waals surface area contributed by atoms with E-state index < -0.39 is 5.41 Å². The third-order valence-electron chi connectivity index (χ3n) is 8.56. The van der Waals surface area contributed by atoms with Crippen LogP contribution in [0.25, 0.3) is 10.9 Å². The predicted octanol–water partition coefficient (Wildman–Crippen LogP) is 5.60. The minimum Gasteiger partial charge on any atom is -0.381 e. The summed E-state index contributed by atoms with van der Waals surface area (Å²) >= 11 is 0. The van der Waals surface area contributed by atoms with Gasteiger partial charge >= 0.3 is 0 Å². The molecule has 4 nitrogen and oxygen atoms in total. The first kappa shape index (κ1) is 21.8. The molecule has 3 fully saturated rings. The Morgan fingerprint density at radius 3 is 2.56 bits per heavy atom. The third-order valence-corrected chi connectivity index (χ3v) is 8.56. The molecule has 0 unspecified atom stereocenters. The number of amides is 1. The van der Waals surface area contributed by atoms with E-state index in [4.69, 9.17) is 4.74 Å². The van der Waals surface area contributed by atoms with E-state index in [1.807, 2.05) is 6.07 Å². The maximum Gasteiger partial charge on any atom is 0.233 e. The zero-order valence-electron chi connectivity index (χ0n) is 20.1. The standard InChI is InChI=1S/C30H34N2O2/c1-21-5-4-7-25(15-21)30(11-13-34-14-12-30)29(33)32-26-9-10-27(32)19-22(18-26)16-23-17-24-6-2-3-8-28(24)31-20-23/h2-8,15,17,20,22,26-27H,9-14,16,18-19H2,1H3/t26-,27-/m0/s1. The second-order valence-electron chi connectivity index (χ2n) is 10.7. The highest BCUT2D eigenvalue weighted by atomic mass is 16.5. The Morgan fingerprint density at radius 2 is 1.79 bits per heavy atom. The highest BCUT2D eigenvalue weighted by Crippen LogP contribution is 2.45. The number of benzene rings is 2. The van der Waals surface area contributed by atoms with Crippen molar-refractivity contribution < 1.29 is 9.53 Å². The second kappa shape index (κ2) is 8.81. The Bertz CT molecular complexity index is 1190. The number of fused-ring (bicyclic) bond motifs is 3. The summed E-state index contributed by atoms with van der Waals surface area (Å²) in [5.74, 6) is 0.980. The molecule has 2 bridgehead atoms. The Balaban J connectivity index is 1.23. The van der Waals surface area contributed by atoms with E-state index in [1.165, 1.54) is 22.1 Å². The first-order chi connectivity index (χ1) is 16.6. The monoisotopic (exact) mass is 454 g/mol. The van der Waals surface area contributed by atoms with Crippen LogP contribution in [0.3, 0.4) is 0 Å². The van der Waals surface area contributed by atoms with Gasteiger partial charge in [-0.3, -0.25) is 9.78 Å². The Kier molecular flexibility index (Phi) is 5.65. The van der Waals surface area contributed by atoms with Gasteiger partial charge in [-0.15, -0.1) is 0 Å². The van der Waals surface area contributed by atoms with E-state index in [2.05, 4.69) is 71.5 Å². The molecular formula is C30H34N2O2. The zero-order chi connectivity index (χ0) is 23.1. The lowest BCUT2D eigenvalue weighted by Crippen LogP contribution is -2.56. The van der Waals surface area contributed by atoms with Crippen LogP contribution in [0.4, 0.5) is 0 Å². The minimum absolute atomic E-state index is 0.361. The van der Waals surface area contributed by atoms with Crippen molar-refractivity contribution in [2.75, 3.05) is 13.2 Å². The summed E-state index contributed by atoms with van der Waals surface area (Å²) in [4.78, 5) is 21.3. The molecule has 3 saturated heterocycles. The SMILES string of the molecule is Cc1cccc(C2(C(=O)N3[C@H]4CC[C@H]3CC(Cc3cnc5ccccc5c3)C4)CCOCC2)c1. The molecule has 0 aliphatic carbocycles. The van der Waals surface area contributed by atoms with Crippen LogP contribution in [0.15, 0.2) is 60.8 Å². The molecule has 3 aromatic rings. The summed E-state index contributed by atoms with van der Waals surface area (Å²) in [7, 11) is 0. The summed E-state index contributed by atoms with van der Waals surface area (Å²) in [6.07, 6.45) is 9.19. The molecule has 0 radical (unpaired) electrons. The molecule has 0 N–H and O–H groups in total. The molecule has 6 rings (SSSR count). The van der Waals surface area contributed by atoms with Gasteiger partial charge in [0, 0.05) is 36.9 Å². The molecule has 4 heterocycles. The predicted molar refractivity (Wildman–Crippen MR) is 135 cm³/mol. The fourth-order valence-electron chi connectivity index (χ4n) is 6.89. The van der Waals surface area contributed by atoms with Gasteiger partial charge in [-0.2, -0.15) is 0 Å². The molecule has 0 spiro atoms. The maximum atomic E-state index is 14.3. The average molecular weight is 455 g/mol. The van der Waals surface area contributed by atoms with Crippen LogP contribution in [0.2, 0.25) is 0 Å². The molecule has 2 atom stereocenters. The minimum atomic E-state index is -0.430. The van der Waals surface area contributed by atoms with Crippen molar-refractivity contribution in [1.82, 2.24) is 9.88 Å². The second-order valence-corrected chi connectivity index (χ2v) is 10.7. The van der Waals surface area contributed by atoms with E-state index in [9.17, 15) is 4.79 Å². The quantitative estimate of drug-likeness (QED) is 0.515. The van der Waals surface area contributed by atoms with Gasteiger partial charge in [0.15, 0.2) is 0 Å². The smallest absolute Gasteiger partial charge is 0.233 e. The summed E-state index contributed by atoms with van der Waals surface area (Å²) in [6.45, 7) is 3.46. The molecule has 3 aliphatic rings. The zero-order valence-corrected chi connectivity index (χ0v) is 20.1. The first-order valence-electron chi connectivity index (χ1n) is 12.9. The van der Waals surface area contributed by atoms with Crippen molar-refractivity contribution in [2.24, 2.45) is 5.92 Å². The Hall–Kier alpha value is -2.72. The number of hydrogen-bond donors (Lipinski definition) is 0. The fraction of sp³-hybridized carbons (Fsp3) is 0.467.